The molecule has 21 heavy (non-hydrogen) atoms. The van der Waals surface area contributed by atoms with Crippen LogP contribution in [0.2, 0.25) is 0 Å². The largest absolute Gasteiger partial charge is 0.293 e. The Bertz CT molecular complexity index is 816. The molecule has 0 aliphatic heterocycles. The molecule has 0 bridgehead atoms. The lowest BCUT2D eigenvalue weighted by Gasteiger charge is -2.18. The van der Waals surface area contributed by atoms with Crippen molar-refractivity contribution in [3.8, 4) is 0 Å². The van der Waals surface area contributed by atoms with Crippen molar-refractivity contribution in [3.63, 3.8) is 0 Å². The number of rotatable bonds is 0. The van der Waals surface area contributed by atoms with Crippen molar-refractivity contribution in [1.82, 2.24) is 0 Å². The Morgan fingerprint density at radius 2 is 1.67 bits per heavy atom. The Balaban J connectivity index is 1.88. The van der Waals surface area contributed by atoms with Gasteiger partial charge in [0.2, 0.25) is 0 Å². The van der Waals surface area contributed by atoms with E-state index in [0.717, 1.165) is 33.4 Å². The average molecular weight is 276 g/mol. The molecule has 2 aliphatic carbocycles. The van der Waals surface area contributed by atoms with Crippen LogP contribution in [0.4, 0.5) is 0 Å². The third-order valence-electron chi connectivity index (χ3n) is 5.00. The highest BCUT2D eigenvalue weighted by atomic mass is 16.2. The number of hydrogen-bond acceptors (Lipinski definition) is 2. The van der Waals surface area contributed by atoms with Crippen LogP contribution in [-0.2, 0) is 12.8 Å². The van der Waals surface area contributed by atoms with Gasteiger partial charge in [-0.25, -0.2) is 0 Å². The van der Waals surface area contributed by atoms with E-state index in [1.54, 1.807) is 0 Å². The second-order valence-corrected chi connectivity index (χ2v) is 6.36. The number of ketones is 2. The lowest BCUT2D eigenvalue weighted by molar-refractivity contribution is 0.0705. The first-order valence-electron chi connectivity index (χ1n) is 7.30. The number of aryl methyl sites for hydroxylation is 2. The van der Waals surface area contributed by atoms with Crippen molar-refractivity contribution in [2.24, 2.45) is 5.41 Å². The Morgan fingerprint density at radius 1 is 0.905 bits per heavy atom. The number of hydrogen-bond donors (Lipinski definition) is 0. The zero-order chi connectivity index (χ0) is 14.8. The van der Waals surface area contributed by atoms with Crippen molar-refractivity contribution in [2.45, 2.75) is 26.7 Å². The molecule has 2 aromatic rings. The maximum absolute atomic E-state index is 12.9. The second-order valence-electron chi connectivity index (χ2n) is 6.36. The van der Waals surface area contributed by atoms with Gasteiger partial charge in [-0.3, -0.25) is 9.59 Å². The predicted molar refractivity (Wildman–Crippen MR) is 80.9 cm³/mol. The molecule has 104 valence electrons. The summed E-state index contributed by atoms with van der Waals surface area (Å²) in [6.07, 6.45) is 1.11. The molecule has 2 aliphatic rings. The van der Waals surface area contributed by atoms with Crippen LogP contribution in [0.5, 0.6) is 0 Å². The van der Waals surface area contributed by atoms with Gasteiger partial charge in [0.25, 0.3) is 0 Å². The second kappa shape index (κ2) is 3.91. The monoisotopic (exact) mass is 276 g/mol. The van der Waals surface area contributed by atoms with Crippen molar-refractivity contribution in [2.75, 3.05) is 0 Å². The van der Waals surface area contributed by atoms with Crippen LogP contribution in [0.1, 0.15) is 43.0 Å². The number of benzene rings is 2. The molecule has 0 saturated carbocycles. The molecule has 1 spiro atoms. The highest BCUT2D eigenvalue weighted by Gasteiger charge is 2.55. The van der Waals surface area contributed by atoms with Crippen LogP contribution >= 0.6 is 0 Å². The first kappa shape index (κ1) is 12.5. The summed E-state index contributed by atoms with van der Waals surface area (Å²) in [6, 6.07) is 11.7. The van der Waals surface area contributed by atoms with Crippen LogP contribution in [-0.4, -0.2) is 11.6 Å². The molecule has 0 aromatic heterocycles. The van der Waals surface area contributed by atoms with E-state index in [0.29, 0.717) is 12.8 Å². The highest BCUT2D eigenvalue weighted by molar-refractivity contribution is 6.24. The zero-order valence-electron chi connectivity index (χ0n) is 12.2. The first-order chi connectivity index (χ1) is 10.0. The molecule has 1 atom stereocenters. The highest BCUT2D eigenvalue weighted by Crippen LogP contribution is 2.47. The van der Waals surface area contributed by atoms with Crippen LogP contribution in [0, 0.1) is 19.3 Å². The molecule has 0 fully saturated rings. The van der Waals surface area contributed by atoms with E-state index in [1.807, 2.05) is 50.2 Å². The van der Waals surface area contributed by atoms with E-state index in [2.05, 4.69) is 0 Å². The van der Waals surface area contributed by atoms with Crippen LogP contribution in [0.25, 0.3) is 0 Å². The molecule has 2 heteroatoms. The summed E-state index contributed by atoms with van der Waals surface area (Å²) in [5.74, 6) is 0.0295. The van der Waals surface area contributed by atoms with Crippen molar-refractivity contribution >= 4 is 11.6 Å². The fourth-order valence-corrected chi connectivity index (χ4v) is 3.83. The van der Waals surface area contributed by atoms with Gasteiger partial charge >= 0.3 is 0 Å². The van der Waals surface area contributed by atoms with Crippen LogP contribution in [0.3, 0.4) is 0 Å². The summed E-state index contributed by atoms with van der Waals surface area (Å²) in [6.45, 7) is 4.00. The molecule has 2 aromatic carbocycles. The third-order valence-corrected chi connectivity index (χ3v) is 5.00. The molecule has 4 rings (SSSR count). The van der Waals surface area contributed by atoms with Gasteiger partial charge < -0.3 is 0 Å². The normalized spacial score (nSPS) is 22.8. The molecule has 0 heterocycles. The van der Waals surface area contributed by atoms with E-state index in [-0.39, 0.29) is 11.6 Å². The molecular formula is C19H16O2. The fourth-order valence-electron chi connectivity index (χ4n) is 3.83. The lowest BCUT2D eigenvalue weighted by Crippen LogP contribution is -2.34. The molecule has 0 radical (unpaired) electrons. The van der Waals surface area contributed by atoms with E-state index in [4.69, 9.17) is 0 Å². The molecule has 0 amide bonds. The topological polar surface area (TPSA) is 34.1 Å². The summed E-state index contributed by atoms with van der Waals surface area (Å²) in [7, 11) is 0. The van der Waals surface area contributed by atoms with Gasteiger partial charge in [-0.15, -0.1) is 0 Å². The number of Topliss-reactive ketones (excluding diaryl/α,β-unsaturated/α-hetero) is 2. The SMILES string of the molecule is Cc1ccc2c(c1)C(=O)[C@]1(C2)Cc2c(C)cccc2C1=O. The van der Waals surface area contributed by atoms with Crippen molar-refractivity contribution in [3.05, 3.63) is 69.8 Å². The Hall–Kier alpha value is -2.22. The quantitative estimate of drug-likeness (QED) is 0.690. The van der Waals surface area contributed by atoms with Gasteiger partial charge in [0.05, 0.1) is 0 Å². The van der Waals surface area contributed by atoms with E-state index >= 15 is 0 Å². The maximum atomic E-state index is 12.9. The van der Waals surface area contributed by atoms with E-state index < -0.39 is 5.41 Å². The fraction of sp³-hybridized carbons (Fsp3) is 0.263. The van der Waals surface area contributed by atoms with Gasteiger partial charge in [0, 0.05) is 11.1 Å². The Morgan fingerprint density at radius 3 is 2.43 bits per heavy atom. The molecule has 2 nitrogen and oxygen atoms in total. The maximum Gasteiger partial charge on any atom is 0.177 e. The summed E-state index contributed by atoms with van der Waals surface area (Å²) < 4.78 is 0. The predicted octanol–water partition coefficient (Wildman–Crippen LogP) is 3.47. The Kier molecular flexibility index (Phi) is 2.33. The first-order valence-corrected chi connectivity index (χ1v) is 7.30. The lowest BCUT2D eigenvalue weighted by atomic mass is 9.79. The number of carbonyl (C=O) groups excluding carboxylic acids is 2. The van der Waals surface area contributed by atoms with Gasteiger partial charge in [-0.05, 0) is 49.4 Å². The van der Waals surface area contributed by atoms with Gasteiger partial charge in [-0.1, -0.05) is 35.9 Å². The zero-order valence-corrected chi connectivity index (χ0v) is 12.2. The summed E-state index contributed by atoms with van der Waals surface area (Å²) in [5, 5.41) is 0. The van der Waals surface area contributed by atoms with E-state index in [1.165, 1.54) is 0 Å². The van der Waals surface area contributed by atoms with Gasteiger partial charge in [-0.2, -0.15) is 0 Å². The van der Waals surface area contributed by atoms with Crippen LogP contribution in [0.15, 0.2) is 36.4 Å². The van der Waals surface area contributed by atoms with Gasteiger partial charge in [0.1, 0.15) is 5.41 Å². The summed E-state index contributed by atoms with van der Waals surface area (Å²) >= 11 is 0. The molecule has 0 N–H and O–H groups in total. The average Bonchev–Trinajstić information content (AvgIpc) is 2.90. The number of fused-ring (bicyclic) bond motifs is 2. The smallest absolute Gasteiger partial charge is 0.177 e. The molecule has 0 saturated heterocycles. The standard InChI is InChI=1S/C19H16O2/c1-11-6-7-13-9-19(18(21)15(13)8-11)10-16-12(2)4-3-5-14(16)17(19)20/h3-8H,9-10H2,1-2H3/t19-/m1/s1. The van der Waals surface area contributed by atoms with Gasteiger partial charge in [0.15, 0.2) is 11.6 Å². The van der Waals surface area contributed by atoms with E-state index in [9.17, 15) is 9.59 Å². The Labute approximate surface area is 123 Å². The third kappa shape index (κ3) is 1.48. The summed E-state index contributed by atoms with van der Waals surface area (Å²) in [4.78, 5) is 25.9. The minimum Gasteiger partial charge on any atom is -0.293 e. The summed E-state index contributed by atoms with van der Waals surface area (Å²) in [5.41, 5.74) is 4.87. The van der Waals surface area contributed by atoms with Crippen molar-refractivity contribution in [1.29, 1.82) is 0 Å². The number of carbonyl (C=O) groups is 2. The van der Waals surface area contributed by atoms with Crippen LogP contribution < -0.4 is 0 Å². The van der Waals surface area contributed by atoms with Crippen molar-refractivity contribution < 1.29 is 9.59 Å². The molecule has 0 unspecified atom stereocenters. The molecular weight excluding hydrogens is 260 g/mol. The minimum absolute atomic E-state index is 0.0139. The minimum atomic E-state index is -0.870.